The molecular weight excluding hydrogens is 370 g/mol. The Morgan fingerprint density at radius 2 is 1.86 bits per heavy atom. The van der Waals surface area contributed by atoms with Gasteiger partial charge in [-0.15, -0.1) is 0 Å². The summed E-state index contributed by atoms with van der Waals surface area (Å²) < 4.78 is 8.65. The topological polar surface area (TPSA) is 70.1 Å². The Kier molecular flexibility index (Phi) is 4.35. The molecule has 0 atom stereocenters. The fourth-order valence-electron chi connectivity index (χ4n) is 4.03. The van der Waals surface area contributed by atoms with Crippen molar-refractivity contribution in [2.75, 3.05) is 22.2 Å². The van der Waals surface area contributed by atoms with Gasteiger partial charge in [-0.05, 0) is 37.5 Å². The summed E-state index contributed by atoms with van der Waals surface area (Å²) in [6.45, 7) is 2.06. The number of nitrogens with one attached hydrogen (secondary N) is 1. The van der Waals surface area contributed by atoms with Gasteiger partial charge >= 0.3 is 0 Å². The van der Waals surface area contributed by atoms with Gasteiger partial charge in [0.2, 0.25) is 5.95 Å². The molecule has 1 aliphatic heterocycles. The van der Waals surface area contributed by atoms with E-state index < -0.39 is 0 Å². The zero-order valence-corrected chi connectivity index (χ0v) is 16.9. The second-order valence-electron chi connectivity index (χ2n) is 7.56. The number of hydrogen-bond acceptors (Lipinski definition) is 8. The number of rotatable bonds is 3. The largest absolute Gasteiger partial charge is 0.345 e. The molecule has 0 bridgehead atoms. The number of benzene rings is 1. The van der Waals surface area contributed by atoms with Crippen molar-refractivity contribution in [3.05, 3.63) is 36.3 Å². The zero-order chi connectivity index (χ0) is 19.1. The molecule has 1 aromatic carbocycles. The number of aryl methyl sites for hydroxylation is 1. The summed E-state index contributed by atoms with van der Waals surface area (Å²) in [5.41, 5.74) is 4.92. The molecule has 1 fully saturated rings. The molecule has 0 unspecified atom stereocenters. The van der Waals surface area contributed by atoms with E-state index in [-0.39, 0.29) is 0 Å². The van der Waals surface area contributed by atoms with Crippen LogP contribution in [-0.4, -0.2) is 31.8 Å². The number of anilines is 4. The Morgan fingerprint density at radius 3 is 2.68 bits per heavy atom. The molecule has 3 aromatic rings. The van der Waals surface area contributed by atoms with Gasteiger partial charge in [0.05, 0.1) is 17.9 Å². The first-order valence-corrected chi connectivity index (χ1v) is 10.5. The molecule has 0 amide bonds. The minimum Gasteiger partial charge on any atom is -0.345 e. The van der Waals surface area contributed by atoms with E-state index in [2.05, 4.69) is 48.2 Å². The highest BCUT2D eigenvalue weighted by Crippen LogP contribution is 2.36. The van der Waals surface area contributed by atoms with Gasteiger partial charge in [0, 0.05) is 31.2 Å². The molecule has 1 N–H and O–H groups in total. The molecule has 144 valence electrons. The Bertz CT molecular complexity index is 1040. The van der Waals surface area contributed by atoms with E-state index in [0.29, 0.717) is 12.0 Å². The van der Waals surface area contributed by atoms with Gasteiger partial charge in [-0.1, -0.05) is 19.3 Å². The van der Waals surface area contributed by atoms with Crippen LogP contribution in [0.15, 0.2) is 30.7 Å². The van der Waals surface area contributed by atoms with Crippen LogP contribution < -0.4 is 15.1 Å². The molecule has 0 radical (unpaired) electrons. The summed E-state index contributed by atoms with van der Waals surface area (Å²) >= 11 is 1.23. The fraction of sp³-hybridized carbons (Fsp3) is 0.400. The molecular formula is C20H23N7S. The third-order valence-electron chi connectivity index (χ3n) is 5.64. The van der Waals surface area contributed by atoms with E-state index in [9.17, 15) is 0 Å². The van der Waals surface area contributed by atoms with Crippen LogP contribution in [0.4, 0.5) is 23.1 Å². The normalized spacial score (nSPS) is 17.2. The predicted molar refractivity (Wildman–Crippen MR) is 114 cm³/mol. The van der Waals surface area contributed by atoms with Gasteiger partial charge in [-0.25, -0.2) is 4.98 Å². The summed E-state index contributed by atoms with van der Waals surface area (Å²) in [7, 11) is 2.04. The molecule has 2 aromatic heterocycles. The maximum absolute atomic E-state index is 4.90. The van der Waals surface area contributed by atoms with E-state index in [4.69, 9.17) is 4.98 Å². The van der Waals surface area contributed by atoms with Crippen molar-refractivity contribution in [3.63, 3.8) is 0 Å². The monoisotopic (exact) mass is 393 g/mol. The molecule has 0 saturated heterocycles. The first-order valence-electron chi connectivity index (χ1n) is 9.75. The summed E-state index contributed by atoms with van der Waals surface area (Å²) in [6.07, 6.45) is 12.5. The Balaban J connectivity index is 1.49. The highest BCUT2D eigenvalue weighted by Gasteiger charge is 2.27. The lowest BCUT2D eigenvalue weighted by atomic mass is 9.94. The third kappa shape index (κ3) is 3.07. The summed E-state index contributed by atoms with van der Waals surface area (Å²) in [6, 6.07) is 4.58. The fourth-order valence-corrected chi connectivity index (χ4v) is 4.54. The van der Waals surface area contributed by atoms with E-state index >= 15 is 0 Å². The van der Waals surface area contributed by atoms with Crippen molar-refractivity contribution >= 4 is 45.9 Å². The highest BCUT2D eigenvalue weighted by molar-refractivity contribution is 7.00. The SMILES string of the molecule is Cc1cc2nsnc2cc1Nc1ncc2c(n1)N(C1CCCCC1)C=CN2C. The first-order chi connectivity index (χ1) is 13.7. The van der Waals surface area contributed by atoms with Gasteiger partial charge < -0.3 is 15.1 Å². The number of nitrogens with zero attached hydrogens (tertiary/aromatic N) is 6. The number of hydrogen-bond donors (Lipinski definition) is 1. The molecule has 3 heterocycles. The van der Waals surface area contributed by atoms with Crippen molar-refractivity contribution < 1.29 is 0 Å². The van der Waals surface area contributed by atoms with Crippen molar-refractivity contribution in [2.45, 2.75) is 45.1 Å². The second kappa shape index (κ2) is 7.01. The van der Waals surface area contributed by atoms with E-state index in [1.54, 1.807) is 0 Å². The van der Waals surface area contributed by atoms with E-state index in [1.807, 2.05) is 25.4 Å². The van der Waals surface area contributed by atoms with Crippen LogP contribution in [0, 0.1) is 6.92 Å². The Morgan fingerprint density at radius 1 is 1.07 bits per heavy atom. The average Bonchev–Trinajstić information content (AvgIpc) is 3.16. The van der Waals surface area contributed by atoms with Crippen LogP contribution in [0.2, 0.25) is 0 Å². The van der Waals surface area contributed by atoms with Crippen molar-refractivity contribution in [2.24, 2.45) is 0 Å². The van der Waals surface area contributed by atoms with Crippen LogP contribution in [0.25, 0.3) is 11.0 Å². The van der Waals surface area contributed by atoms with Gasteiger partial charge in [-0.3, -0.25) is 0 Å². The van der Waals surface area contributed by atoms with Gasteiger partial charge in [0.1, 0.15) is 16.7 Å². The minimum atomic E-state index is 0.513. The van der Waals surface area contributed by atoms with Crippen LogP contribution in [0.5, 0.6) is 0 Å². The summed E-state index contributed by atoms with van der Waals surface area (Å²) in [5.74, 6) is 1.58. The third-order valence-corrected chi connectivity index (χ3v) is 6.20. The highest BCUT2D eigenvalue weighted by atomic mass is 32.1. The lowest BCUT2D eigenvalue weighted by molar-refractivity contribution is 0.432. The molecule has 28 heavy (non-hydrogen) atoms. The average molecular weight is 394 g/mol. The number of fused-ring (bicyclic) bond motifs is 2. The zero-order valence-electron chi connectivity index (χ0n) is 16.1. The lowest BCUT2D eigenvalue weighted by Gasteiger charge is -2.37. The molecule has 1 aliphatic carbocycles. The second-order valence-corrected chi connectivity index (χ2v) is 8.08. The maximum atomic E-state index is 4.90. The van der Waals surface area contributed by atoms with Crippen molar-refractivity contribution in [1.29, 1.82) is 0 Å². The van der Waals surface area contributed by atoms with E-state index in [1.165, 1.54) is 43.8 Å². The van der Waals surface area contributed by atoms with Gasteiger partial charge in [-0.2, -0.15) is 13.7 Å². The molecule has 8 heteroatoms. The molecule has 7 nitrogen and oxygen atoms in total. The van der Waals surface area contributed by atoms with Crippen LogP contribution >= 0.6 is 11.7 Å². The van der Waals surface area contributed by atoms with Gasteiger partial charge in [0.25, 0.3) is 0 Å². The van der Waals surface area contributed by atoms with Crippen molar-refractivity contribution in [1.82, 2.24) is 18.7 Å². The van der Waals surface area contributed by atoms with Gasteiger partial charge in [0.15, 0.2) is 5.82 Å². The number of aromatic nitrogens is 4. The van der Waals surface area contributed by atoms with E-state index in [0.717, 1.165) is 33.8 Å². The molecule has 2 aliphatic rings. The minimum absolute atomic E-state index is 0.513. The summed E-state index contributed by atoms with van der Waals surface area (Å²) in [4.78, 5) is 13.9. The van der Waals surface area contributed by atoms with Crippen molar-refractivity contribution in [3.8, 4) is 0 Å². The quantitative estimate of drug-likeness (QED) is 0.697. The Hall–Kier alpha value is -2.74. The summed E-state index contributed by atoms with van der Waals surface area (Å²) in [5, 5.41) is 3.39. The molecule has 0 spiro atoms. The molecule has 5 rings (SSSR count). The predicted octanol–water partition coefficient (Wildman–Crippen LogP) is 4.59. The van der Waals surface area contributed by atoms with Crippen LogP contribution in [0.3, 0.4) is 0 Å². The maximum Gasteiger partial charge on any atom is 0.229 e. The van der Waals surface area contributed by atoms with Crippen LogP contribution in [0.1, 0.15) is 37.7 Å². The molecule has 1 saturated carbocycles. The van der Waals surface area contributed by atoms with Crippen LogP contribution in [-0.2, 0) is 0 Å². The first kappa shape index (κ1) is 17.4. The standard InChI is InChI=1S/C20H23N7S/c1-13-10-16-17(25-28-24-16)11-15(13)22-20-21-12-18-19(23-20)27(9-8-26(18)2)14-6-4-3-5-7-14/h8-12,14H,3-7H2,1-2H3,(H,21,22,23). The Labute approximate surface area is 168 Å². The lowest BCUT2D eigenvalue weighted by Crippen LogP contribution is -2.37. The smallest absolute Gasteiger partial charge is 0.229 e.